The fourth-order valence-electron chi connectivity index (χ4n) is 14.4. The number of benzene rings is 13. The van der Waals surface area contributed by atoms with E-state index in [9.17, 15) is 5.26 Å². The van der Waals surface area contributed by atoms with Crippen LogP contribution in [0.15, 0.2) is 231 Å². The molecule has 0 atom stereocenters. The van der Waals surface area contributed by atoms with Crippen molar-refractivity contribution >= 4 is 65.2 Å². The normalized spacial score (nSPS) is 14.3. The van der Waals surface area contributed by atoms with Crippen molar-refractivity contribution in [1.29, 1.82) is 5.26 Å². The van der Waals surface area contributed by atoms with E-state index in [1.54, 1.807) is 0 Å². The molecule has 13 aromatic carbocycles. The van der Waals surface area contributed by atoms with E-state index in [2.05, 4.69) is 263 Å². The first-order valence-corrected chi connectivity index (χ1v) is 27.4. The number of hydrogen-bond donors (Lipinski definition) is 0. The van der Waals surface area contributed by atoms with Crippen molar-refractivity contribution in [1.82, 2.24) is 0 Å². The van der Waals surface area contributed by atoms with Gasteiger partial charge in [0.15, 0.2) is 0 Å². The van der Waals surface area contributed by atoms with Crippen molar-refractivity contribution in [3.8, 4) is 72.8 Å². The molecular formula is C76H52N2. The molecule has 0 aromatic heterocycles. The summed E-state index contributed by atoms with van der Waals surface area (Å²) < 4.78 is 0. The monoisotopic (exact) mass is 992 g/mol. The smallest absolute Gasteiger partial charge is 0.0998 e. The second kappa shape index (κ2) is 16.2. The predicted octanol–water partition coefficient (Wildman–Crippen LogP) is 20.3. The molecular weight excluding hydrogens is 941 g/mol. The van der Waals surface area contributed by atoms with Crippen LogP contribution >= 0.6 is 0 Å². The fraction of sp³-hybridized carbons (Fsp3) is 0.0921. The molecule has 0 N–H and O–H groups in total. The van der Waals surface area contributed by atoms with E-state index in [4.69, 9.17) is 0 Å². The van der Waals surface area contributed by atoms with E-state index in [1.165, 1.54) is 137 Å². The van der Waals surface area contributed by atoms with E-state index in [-0.39, 0.29) is 10.8 Å². The molecule has 3 aliphatic rings. The molecule has 0 saturated heterocycles. The van der Waals surface area contributed by atoms with Crippen LogP contribution in [0, 0.1) is 11.3 Å². The Morgan fingerprint density at radius 2 is 0.872 bits per heavy atom. The van der Waals surface area contributed by atoms with E-state index < -0.39 is 0 Å². The quantitative estimate of drug-likeness (QED) is 0.127. The predicted molar refractivity (Wildman–Crippen MR) is 328 cm³/mol. The van der Waals surface area contributed by atoms with Gasteiger partial charge in [-0.05, 0) is 192 Å². The average Bonchev–Trinajstić information content (AvgIpc) is 3.87. The lowest BCUT2D eigenvalue weighted by Crippen LogP contribution is -2.20. The van der Waals surface area contributed by atoms with Crippen LogP contribution in [-0.2, 0) is 17.4 Å². The Labute approximate surface area is 454 Å². The van der Waals surface area contributed by atoms with Crippen molar-refractivity contribution < 1.29 is 0 Å². The highest BCUT2D eigenvalue weighted by molar-refractivity contribution is 6.25. The summed E-state index contributed by atoms with van der Waals surface area (Å²) in [5.74, 6) is 0. The van der Waals surface area contributed by atoms with Crippen molar-refractivity contribution in [2.45, 2.75) is 45.1 Å². The standard InChI is InChI=1S/C76H52N2/c1-75(2)66-20-12-10-18-57(66)59-30-28-50(41-68(59)75)71-63-33-27-49(55-36-37-70-74-61(55)35-34-56-52(43-77)24-25-53(73(56)74)44-78(70)54-16-6-5-7-17-54)40-65(63)72(51-29-31-60-58-19-11-13-21-67(58)76(3,4)69(60)42-51)62-32-26-48(39-64(62)71)47-23-22-45-14-8-9-15-46(45)38-47/h5-42H,44H2,1-4H3. The molecule has 2 aliphatic carbocycles. The largest absolute Gasteiger partial charge is 0.336 e. The van der Waals surface area contributed by atoms with Crippen LogP contribution in [0.25, 0.3) is 121 Å². The first-order chi connectivity index (χ1) is 38.1. The number of hydrogen-bond acceptors (Lipinski definition) is 2. The zero-order chi connectivity index (χ0) is 52.2. The molecule has 2 heteroatoms. The van der Waals surface area contributed by atoms with Crippen molar-refractivity contribution in [3.05, 3.63) is 264 Å². The summed E-state index contributed by atoms with van der Waals surface area (Å²) in [6.45, 7) is 10.3. The number of fused-ring (bicyclic) bond motifs is 9. The van der Waals surface area contributed by atoms with Gasteiger partial charge in [0.1, 0.15) is 0 Å². The molecule has 0 amide bonds. The Morgan fingerprint density at radius 3 is 1.54 bits per heavy atom. The number of nitrogens with zero attached hydrogens (tertiary/aromatic N) is 2. The molecule has 2 nitrogen and oxygen atoms in total. The summed E-state index contributed by atoms with van der Waals surface area (Å²) in [5.41, 5.74) is 24.3. The third-order valence-corrected chi connectivity index (χ3v) is 18.3. The lowest BCUT2D eigenvalue weighted by molar-refractivity contribution is 0.660. The molecule has 0 spiro atoms. The zero-order valence-electron chi connectivity index (χ0n) is 44.0. The molecule has 13 aromatic rings. The number of nitriles is 1. The van der Waals surface area contributed by atoms with Crippen LogP contribution in [0.4, 0.5) is 11.4 Å². The summed E-state index contributed by atoms with van der Waals surface area (Å²) in [7, 11) is 0. The Balaban J connectivity index is 1.01. The van der Waals surface area contributed by atoms with Crippen LogP contribution in [-0.4, -0.2) is 0 Å². The molecule has 1 heterocycles. The first kappa shape index (κ1) is 44.7. The van der Waals surface area contributed by atoms with Gasteiger partial charge in [-0.15, -0.1) is 0 Å². The van der Waals surface area contributed by atoms with E-state index in [0.717, 1.165) is 28.9 Å². The van der Waals surface area contributed by atoms with Gasteiger partial charge in [0.25, 0.3) is 0 Å². The summed E-state index contributed by atoms with van der Waals surface area (Å²) in [4.78, 5) is 2.44. The molecule has 0 saturated carbocycles. The Morgan fingerprint density at radius 1 is 0.359 bits per heavy atom. The van der Waals surface area contributed by atoms with Crippen molar-refractivity contribution in [2.75, 3.05) is 4.90 Å². The van der Waals surface area contributed by atoms with Gasteiger partial charge in [-0.3, -0.25) is 0 Å². The van der Waals surface area contributed by atoms with E-state index in [1.807, 2.05) is 6.07 Å². The maximum atomic E-state index is 10.4. The van der Waals surface area contributed by atoms with Crippen LogP contribution < -0.4 is 4.90 Å². The topological polar surface area (TPSA) is 27.0 Å². The lowest BCUT2D eigenvalue weighted by Gasteiger charge is -2.32. The van der Waals surface area contributed by atoms with Gasteiger partial charge in [0.05, 0.1) is 11.6 Å². The summed E-state index contributed by atoms with van der Waals surface area (Å²) in [5, 5.41) is 22.4. The first-order valence-electron chi connectivity index (χ1n) is 27.4. The highest BCUT2D eigenvalue weighted by Crippen LogP contribution is 2.55. The summed E-state index contributed by atoms with van der Waals surface area (Å²) >= 11 is 0. The molecule has 366 valence electrons. The zero-order valence-corrected chi connectivity index (χ0v) is 44.0. The SMILES string of the molecule is CC1(C)c2ccccc2-c2ccc(-c3c4ccc(-c5ccc6c7c5ccc5c(C#N)ccc(c57)CN6c5ccccc5)cc4c(-c4ccc5c(c4)C(C)(C)c4ccccc4-5)c4ccc(-c5ccc6ccccc6c5)cc34)cc21. The van der Waals surface area contributed by atoms with Gasteiger partial charge >= 0.3 is 0 Å². The second-order valence-electron chi connectivity index (χ2n) is 23.0. The Kier molecular flexibility index (Phi) is 9.31. The van der Waals surface area contributed by atoms with Crippen molar-refractivity contribution in [2.24, 2.45) is 0 Å². The second-order valence-corrected chi connectivity index (χ2v) is 23.0. The third-order valence-electron chi connectivity index (χ3n) is 18.3. The number of rotatable bonds is 5. The highest BCUT2D eigenvalue weighted by atomic mass is 15.1. The molecule has 0 fully saturated rings. The molecule has 1 aliphatic heterocycles. The van der Waals surface area contributed by atoms with Gasteiger partial charge in [-0.1, -0.05) is 204 Å². The highest BCUT2D eigenvalue weighted by Gasteiger charge is 2.37. The average molecular weight is 993 g/mol. The van der Waals surface area contributed by atoms with Crippen LogP contribution in [0.1, 0.15) is 61.1 Å². The summed E-state index contributed by atoms with van der Waals surface area (Å²) in [6.07, 6.45) is 0. The summed E-state index contributed by atoms with van der Waals surface area (Å²) in [6, 6.07) is 89.1. The van der Waals surface area contributed by atoms with Gasteiger partial charge in [0, 0.05) is 39.5 Å². The molecule has 16 rings (SSSR count). The van der Waals surface area contributed by atoms with E-state index >= 15 is 0 Å². The molecule has 0 radical (unpaired) electrons. The van der Waals surface area contributed by atoms with Crippen LogP contribution in [0.3, 0.4) is 0 Å². The third kappa shape index (κ3) is 6.25. The minimum absolute atomic E-state index is 0.171. The van der Waals surface area contributed by atoms with Crippen LogP contribution in [0.2, 0.25) is 0 Å². The fourth-order valence-corrected chi connectivity index (χ4v) is 14.4. The van der Waals surface area contributed by atoms with Crippen LogP contribution in [0.5, 0.6) is 0 Å². The number of anilines is 2. The maximum Gasteiger partial charge on any atom is 0.0998 e. The van der Waals surface area contributed by atoms with Crippen molar-refractivity contribution in [3.63, 3.8) is 0 Å². The Bertz CT molecular complexity index is 4830. The van der Waals surface area contributed by atoms with Gasteiger partial charge < -0.3 is 4.90 Å². The Hall–Kier alpha value is -9.55. The lowest BCUT2D eigenvalue weighted by atomic mass is 9.79. The molecule has 0 unspecified atom stereocenters. The minimum Gasteiger partial charge on any atom is -0.336 e. The molecule has 0 bridgehead atoms. The minimum atomic E-state index is -0.178. The van der Waals surface area contributed by atoms with Gasteiger partial charge in [-0.2, -0.15) is 5.26 Å². The van der Waals surface area contributed by atoms with Gasteiger partial charge in [-0.25, -0.2) is 0 Å². The maximum absolute atomic E-state index is 10.4. The molecule has 78 heavy (non-hydrogen) atoms. The number of para-hydroxylation sites is 1. The van der Waals surface area contributed by atoms with Gasteiger partial charge in [0.2, 0.25) is 0 Å². The van der Waals surface area contributed by atoms with E-state index in [0.29, 0.717) is 5.56 Å².